The van der Waals surface area contributed by atoms with Crippen LogP contribution >= 0.6 is 0 Å². The standard InChI is InChI=1S/C13H26O2/c1-6-12(5,7-2)13(15,11(3)4)9-8-10-14/h14-15H,3,6-10H2,1-2,4-5H3. The van der Waals surface area contributed by atoms with Crippen LogP contribution in [0, 0.1) is 5.41 Å². The molecule has 0 amide bonds. The molecule has 0 rings (SSSR count). The van der Waals surface area contributed by atoms with E-state index in [2.05, 4.69) is 27.4 Å². The van der Waals surface area contributed by atoms with E-state index in [1.165, 1.54) is 0 Å². The van der Waals surface area contributed by atoms with Crippen molar-refractivity contribution < 1.29 is 10.2 Å². The van der Waals surface area contributed by atoms with Crippen LogP contribution in [-0.4, -0.2) is 22.4 Å². The Labute approximate surface area is 94.0 Å². The molecule has 1 unspecified atom stereocenters. The molecular formula is C13H26O2. The predicted molar refractivity (Wildman–Crippen MR) is 64.8 cm³/mol. The number of aliphatic hydroxyl groups is 2. The Kier molecular flexibility index (Phi) is 5.54. The van der Waals surface area contributed by atoms with Crippen LogP contribution < -0.4 is 0 Å². The lowest BCUT2D eigenvalue weighted by atomic mass is 9.65. The van der Waals surface area contributed by atoms with Gasteiger partial charge < -0.3 is 10.2 Å². The molecule has 0 bridgehead atoms. The smallest absolute Gasteiger partial charge is 0.0905 e. The summed E-state index contributed by atoms with van der Waals surface area (Å²) < 4.78 is 0. The SMILES string of the molecule is C=C(C)C(O)(CCCO)C(C)(CC)CC. The van der Waals surface area contributed by atoms with E-state index in [-0.39, 0.29) is 12.0 Å². The van der Waals surface area contributed by atoms with Crippen LogP contribution in [0.5, 0.6) is 0 Å². The fourth-order valence-corrected chi connectivity index (χ4v) is 2.20. The van der Waals surface area contributed by atoms with Gasteiger partial charge in [-0.25, -0.2) is 0 Å². The summed E-state index contributed by atoms with van der Waals surface area (Å²) in [5, 5.41) is 19.6. The minimum absolute atomic E-state index is 0.124. The molecule has 0 saturated heterocycles. The average molecular weight is 214 g/mol. The van der Waals surface area contributed by atoms with Gasteiger partial charge in [-0.3, -0.25) is 0 Å². The Hall–Kier alpha value is -0.340. The third-order valence-electron chi connectivity index (χ3n) is 3.96. The Morgan fingerprint density at radius 1 is 1.27 bits per heavy atom. The number of rotatable bonds is 7. The molecule has 90 valence electrons. The Morgan fingerprint density at radius 3 is 2.00 bits per heavy atom. The molecule has 0 spiro atoms. The molecule has 0 radical (unpaired) electrons. The first kappa shape index (κ1) is 14.7. The second-order valence-electron chi connectivity index (χ2n) is 4.74. The van der Waals surface area contributed by atoms with Crippen molar-refractivity contribution in [3.63, 3.8) is 0 Å². The second kappa shape index (κ2) is 5.66. The fourth-order valence-electron chi connectivity index (χ4n) is 2.20. The lowest BCUT2D eigenvalue weighted by Gasteiger charge is -2.45. The first-order valence-corrected chi connectivity index (χ1v) is 5.87. The van der Waals surface area contributed by atoms with Gasteiger partial charge in [0.05, 0.1) is 5.60 Å². The highest BCUT2D eigenvalue weighted by atomic mass is 16.3. The topological polar surface area (TPSA) is 40.5 Å². The second-order valence-corrected chi connectivity index (χ2v) is 4.74. The molecule has 2 nitrogen and oxygen atoms in total. The average Bonchev–Trinajstić information content (AvgIpc) is 2.24. The van der Waals surface area contributed by atoms with Crippen LogP contribution in [0.25, 0.3) is 0 Å². The molecular weight excluding hydrogens is 188 g/mol. The summed E-state index contributed by atoms with van der Waals surface area (Å²) in [6.45, 7) is 12.2. The van der Waals surface area contributed by atoms with Crippen molar-refractivity contribution >= 4 is 0 Å². The Balaban J connectivity index is 4.99. The third kappa shape index (κ3) is 2.82. The summed E-state index contributed by atoms with van der Waals surface area (Å²) in [5.41, 5.74) is -0.185. The predicted octanol–water partition coefficient (Wildman–Crippen LogP) is 2.89. The molecule has 0 heterocycles. The zero-order chi connectivity index (χ0) is 12.1. The van der Waals surface area contributed by atoms with E-state index in [9.17, 15) is 5.11 Å². The van der Waals surface area contributed by atoms with E-state index in [0.717, 1.165) is 18.4 Å². The van der Waals surface area contributed by atoms with Crippen LogP contribution in [0.3, 0.4) is 0 Å². The molecule has 15 heavy (non-hydrogen) atoms. The van der Waals surface area contributed by atoms with Crippen molar-refractivity contribution in [1.29, 1.82) is 0 Å². The van der Waals surface area contributed by atoms with Gasteiger partial charge in [-0.2, -0.15) is 0 Å². The quantitative estimate of drug-likeness (QED) is 0.640. The summed E-state index contributed by atoms with van der Waals surface area (Å²) in [4.78, 5) is 0. The van der Waals surface area contributed by atoms with Gasteiger partial charge in [0.25, 0.3) is 0 Å². The molecule has 0 saturated carbocycles. The Morgan fingerprint density at radius 2 is 1.73 bits per heavy atom. The Bertz CT molecular complexity index is 207. The van der Waals surface area contributed by atoms with Gasteiger partial charge >= 0.3 is 0 Å². The van der Waals surface area contributed by atoms with E-state index in [1.807, 2.05) is 6.92 Å². The lowest BCUT2D eigenvalue weighted by Crippen LogP contribution is -2.47. The number of aliphatic hydroxyl groups excluding tert-OH is 1. The normalized spacial score (nSPS) is 16.1. The maximum atomic E-state index is 10.7. The minimum Gasteiger partial charge on any atom is -0.396 e. The number of hydrogen-bond acceptors (Lipinski definition) is 2. The van der Waals surface area contributed by atoms with Gasteiger partial charge in [0, 0.05) is 6.61 Å². The molecule has 0 aromatic heterocycles. The molecule has 2 heteroatoms. The van der Waals surface area contributed by atoms with Gasteiger partial charge in [0.2, 0.25) is 0 Å². The molecule has 0 fully saturated rings. The van der Waals surface area contributed by atoms with Gasteiger partial charge in [-0.05, 0) is 43.6 Å². The molecule has 0 aliphatic rings. The van der Waals surface area contributed by atoms with E-state index in [0.29, 0.717) is 12.8 Å². The maximum Gasteiger partial charge on any atom is 0.0905 e. The largest absolute Gasteiger partial charge is 0.396 e. The van der Waals surface area contributed by atoms with Gasteiger partial charge in [-0.15, -0.1) is 0 Å². The molecule has 1 atom stereocenters. The molecule has 0 aromatic rings. The van der Waals surface area contributed by atoms with Crippen molar-refractivity contribution in [1.82, 2.24) is 0 Å². The summed E-state index contributed by atoms with van der Waals surface area (Å²) in [6.07, 6.45) is 3.05. The van der Waals surface area contributed by atoms with Crippen molar-refractivity contribution in [2.45, 2.75) is 59.0 Å². The van der Waals surface area contributed by atoms with Crippen molar-refractivity contribution in [3.05, 3.63) is 12.2 Å². The molecule has 0 aliphatic carbocycles. The molecule has 0 aliphatic heterocycles. The van der Waals surface area contributed by atoms with Gasteiger partial charge in [0.15, 0.2) is 0 Å². The monoisotopic (exact) mass is 214 g/mol. The highest BCUT2D eigenvalue weighted by Crippen LogP contribution is 2.44. The van der Waals surface area contributed by atoms with Gasteiger partial charge in [0.1, 0.15) is 0 Å². The highest BCUT2D eigenvalue weighted by molar-refractivity contribution is 5.16. The highest BCUT2D eigenvalue weighted by Gasteiger charge is 2.44. The van der Waals surface area contributed by atoms with E-state index >= 15 is 0 Å². The van der Waals surface area contributed by atoms with E-state index in [1.54, 1.807) is 0 Å². The van der Waals surface area contributed by atoms with E-state index < -0.39 is 5.60 Å². The van der Waals surface area contributed by atoms with Gasteiger partial charge in [-0.1, -0.05) is 27.4 Å². The fraction of sp³-hybridized carbons (Fsp3) is 0.846. The maximum absolute atomic E-state index is 10.7. The molecule has 0 aromatic carbocycles. The summed E-state index contributed by atoms with van der Waals surface area (Å²) in [5.74, 6) is 0. The number of hydrogen-bond donors (Lipinski definition) is 2. The van der Waals surface area contributed by atoms with Crippen LogP contribution in [0.15, 0.2) is 12.2 Å². The van der Waals surface area contributed by atoms with Crippen LogP contribution in [-0.2, 0) is 0 Å². The third-order valence-corrected chi connectivity index (χ3v) is 3.96. The van der Waals surface area contributed by atoms with E-state index in [4.69, 9.17) is 5.11 Å². The van der Waals surface area contributed by atoms with Crippen LogP contribution in [0.1, 0.15) is 53.4 Å². The summed E-state index contributed by atoms with van der Waals surface area (Å²) in [7, 11) is 0. The minimum atomic E-state index is -0.848. The van der Waals surface area contributed by atoms with Crippen LogP contribution in [0.4, 0.5) is 0 Å². The summed E-state index contributed by atoms with van der Waals surface area (Å²) in [6, 6.07) is 0. The van der Waals surface area contributed by atoms with Crippen molar-refractivity contribution in [3.8, 4) is 0 Å². The first-order valence-electron chi connectivity index (χ1n) is 5.87. The lowest BCUT2D eigenvalue weighted by molar-refractivity contribution is -0.0592. The van der Waals surface area contributed by atoms with Crippen molar-refractivity contribution in [2.75, 3.05) is 6.61 Å². The van der Waals surface area contributed by atoms with Crippen molar-refractivity contribution in [2.24, 2.45) is 5.41 Å². The zero-order valence-corrected chi connectivity index (χ0v) is 10.6. The zero-order valence-electron chi connectivity index (χ0n) is 10.6. The summed E-state index contributed by atoms with van der Waals surface area (Å²) >= 11 is 0. The molecule has 2 N–H and O–H groups in total. The van der Waals surface area contributed by atoms with Crippen LogP contribution in [0.2, 0.25) is 0 Å². The first-order chi connectivity index (χ1) is 6.88.